The van der Waals surface area contributed by atoms with Crippen LogP contribution < -0.4 is 0 Å². The largest absolute Gasteiger partial charge is 0.368 e. The van der Waals surface area contributed by atoms with Crippen LogP contribution in [0.2, 0.25) is 0 Å². The van der Waals surface area contributed by atoms with Gasteiger partial charge in [-0.05, 0) is 24.1 Å². The van der Waals surface area contributed by atoms with E-state index in [2.05, 4.69) is 0 Å². The zero-order valence-corrected chi connectivity index (χ0v) is 7.17. The molecular formula is C10H8FNO. The second kappa shape index (κ2) is 2.82. The first-order valence-corrected chi connectivity index (χ1v) is 4.04. The van der Waals surface area contributed by atoms with Crippen LogP contribution in [0.15, 0.2) is 12.1 Å². The van der Waals surface area contributed by atoms with E-state index in [4.69, 9.17) is 10.00 Å². The predicted molar refractivity (Wildman–Crippen MR) is 44.5 cm³/mol. The van der Waals surface area contributed by atoms with E-state index < -0.39 is 5.82 Å². The lowest BCUT2D eigenvalue weighted by atomic mass is 10.0. The van der Waals surface area contributed by atoms with Crippen molar-refractivity contribution in [3.05, 3.63) is 34.6 Å². The molecule has 1 aromatic carbocycles. The highest BCUT2D eigenvalue weighted by Crippen LogP contribution is 2.33. The van der Waals surface area contributed by atoms with Crippen LogP contribution in [0.25, 0.3) is 0 Å². The summed E-state index contributed by atoms with van der Waals surface area (Å²) in [7, 11) is 0. The second-order valence-electron chi connectivity index (χ2n) is 3.07. The zero-order chi connectivity index (χ0) is 9.42. The van der Waals surface area contributed by atoms with Gasteiger partial charge in [-0.15, -0.1) is 0 Å². The first kappa shape index (κ1) is 8.21. The molecule has 1 aliphatic rings. The summed E-state index contributed by atoms with van der Waals surface area (Å²) >= 11 is 0. The number of epoxide rings is 1. The van der Waals surface area contributed by atoms with E-state index in [9.17, 15) is 4.39 Å². The Morgan fingerprint density at radius 1 is 1.62 bits per heavy atom. The lowest BCUT2D eigenvalue weighted by molar-refractivity contribution is 0.414. The first-order chi connectivity index (χ1) is 6.24. The minimum Gasteiger partial charge on any atom is -0.368 e. The number of hydrogen-bond acceptors (Lipinski definition) is 2. The molecule has 0 N–H and O–H groups in total. The third-order valence-corrected chi connectivity index (χ3v) is 2.25. The number of benzene rings is 1. The van der Waals surface area contributed by atoms with Crippen LogP contribution >= 0.6 is 0 Å². The summed E-state index contributed by atoms with van der Waals surface area (Å²) in [6, 6.07) is 4.86. The van der Waals surface area contributed by atoms with Gasteiger partial charge < -0.3 is 4.74 Å². The topological polar surface area (TPSA) is 36.3 Å². The van der Waals surface area contributed by atoms with Crippen molar-refractivity contribution in [2.45, 2.75) is 13.0 Å². The molecule has 1 fully saturated rings. The Balaban J connectivity index is 2.56. The summed E-state index contributed by atoms with van der Waals surface area (Å²) < 4.78 is 18.1. The van der Waals surface area contributed by atoms with Crippen molar-refractivity contribution in [1.29, 1.82) is 5.26 Å². The maximum Gasteiger partial charge on any atom is 0.141 e. The average molecular weight is 177 g/mol. The van der Waals surface area contributed by atoms with E-state index in [1.54, 1.807) is 13.0 Å². The lowest BCUT2D eigenvalue weighted by Gasteiger charge is -2.04. The van der Waals surface area contributed by atoms with Gasteiger partial charge in [0.2, 0.25) is 0 Å². The van der Waals surface area contributed by atoms with Crippen molar-refractivity contribution >= 4 is 0 Å². The highest BCUT2D eigenvalue weighted by molar-refractivity contribution is 5.44. The molecule has 66 valence electrons. The van der Waals surface area contributed by atoms with Crippen molar-refractivity contribution in [3.63, 3.8) is 0 Å². The van der Waals surface area contributed by atoms with Crippen LogP contribution in [0.5, 0.6) is 0 Å². The van der Waals surface area contributed by atoms with E-state index in [1.165, 1.54) is 6.07 Å². The molecule has 1 aliphatic heterocycles. The Hall–Kier alpha value is -1.40. The number of halogens is 1. The summed E-state index contributed by atoms with van der Waals surface area (Å²) in [6.45, 7) is 2.43. The Morgan fingerprint density at radius 3 is 2.85 bits per heavy atom. The van der Waals surface area contributed by atoms with Crippen LogP contribution in [0.1, 0.15) is 22.8 Å². The first-order valence-electron chi connectivity index (χ1n) is 4.04. The molecular weight excluding hydrogens is 169 g/mol. The highest BCUT2D eigenvalue weighted by Gasteiger charge is 2.27. The van der Waals surface area contributed by atoms with Crippen molar-refractivity contribution in [1.82, 2.24) is 0 Å². The average Bonchev–Trinajstić information content (AvgIpc) is 2.88. The van der Waals surface area contributed by atoms with Gasteiger partial charge in [0.05, 0.1) is 12.2 Å². The fourth-order valence-electron chi connectivity index (χ4n) is 1.41. The van der Waals surface area contributed by atoms with Crippen molar-refractivity contribution < 1.29 is 9.13 Å². The fraction of sp³-hybridized carbons (Fsp3) is 0.300. The van der Waals surface area contributed by atoms with Crippen LogP contribution in [0, 0.1) is 24.1 Å². The van der Waals surface area contributed by atoms with Gasteiger partial charge >= 0.3 is 0 Å². The molecule has 0 amide bonds. The quantitative estimate of drug-likeness (QED) is 0.616. The van der Waals surface area contributed by atoms with Gasteiger partial charge in [-0.1, -0.05) is 6.07 Å². The fourth-order valence-corrected chi connectivity index (χ4v) is 1.41. The third-order valence-electron chi connectivity index (χ3n) is 2.25. The number of hydrogen-bond donors (Lipinski definition) is 0. The van der Waals surface area contributed by atoms with Crippen molar-refractivity contribution in [3.8, 4) is 6.07 Å². The van der Waals surface area contributed by atoms with Crippen LogP contribution in [0.3, 0.4) is 0 Å². The molecule has 3 heteroatoms. The maximum atomic E-state index is 13.1. The Bertz CT molecular complexity index is 391. The van der Waals surface area contributed by atoms with Gasteiger partial charge in [0, 0.05) is 0 Å². The number of ether oxygens (including phenoxy) is 1. The normalized spacial score (nSPS) is 19.6. The van der Waals surface area contributed by atoms with Crippen LogP contribution in [-0.2, 0) is 4.74 Å². The van der Waals surface area contributed by atoms with E-state index in [1.807, 2.05) is 6.07 Å². The summed E-state index contributed by atoms with van der Waals surface area (Å²) in [5, 5.41) is 8.70. The maximum absolute atomic E-state index is 13.1. The minimum atomic E-state index is -0.454. The highest BCUT2D eigenvalue weighted by atomic mass is 19.1. The monoisotopic (exact) mass is 177 g/mol. The molecule has 1 atom stereocenters. The van der Waals surface area contributed by atoms with Gasteiger partial charge in [0.1, 0.15) is 18.0 Å². The molecule has 0 aromatic heterocycles. The Labute approximate surface area is 75.6 Å². The van der Waals surface area contributed by atoms with Gasteiger partial charge in [-0.25, -0.2) is 4.39 Å². The number of nitriles is 1. The third kappa shape index (κ3) is 1.30. The Morgan fingerprint density at radius 2 is 2.31 bits per heavy atom. The predicted octanol–water partition coefficient (Wildman–Crippen LogP) is 2.08. The number of rotatable bonds is 1. The molecule has 0 saturated carbocycles. The van der Waals surface area contributed by atoms with Gasteiger partial charge in [-0.2, -0.15) is 5.26 Å². The molecule has 0 unspecified atom stereocenters. The standard InChI is InChI=1S/C10H8FNO/c1-6-7(10-5-13-10)2-3-9(11)8(6)4-12/h2-3,10H,5H2,1H3/t10-/m1/s1. The molecule has 1 heterocycles. The molecule has 2 rings (SSSR count). The van der Waals surface area contributed by atoms with Crippen molar-refractivity contribution in [2.75, 3.05) is 6.61 Å². The minimum absolute atomic E-state index is 0.0766. The van der Waals surface area contributed by atoms with E-state index in [0.717, 1.165) is 5.56 Å². The summed E-state index contributed by atoms with van der Waals surface area (Å²) in [5.41, 5.74) is 1.76. The smallest absolute Gasteiger partial charge is 0.141 e. The number of nitrogens with zero attached hydrogens (tertiary/aromatic N) is 1. The summed E-state index contributed by atoms with van der Waals surface area (Å²) in [5.74, 6) is -0.454. The van der Waals surface area contributed by atoms with Crippen molar-refractivity contribution in [2.24, 2.45) is 0 Å². The van der Waals surface area contributed by atoms with Crippen LogP contribution in [0.4, 0.5) is 4.39 Å². The van der Waals surface area contributed by atoms with Gasteiger partial charge in [0.25, 0.3) is 0 Å². The summed E-state index contributed by atoms with van der Waals surface area (Å²) in [6.07, 6.45) is 0.0766. The molecule has 2 nitrogen and oxygen atoms in total. The molecule has 13 heavy (non-hydrogen) atoms. The van der Waals surface area contributed by atoms with E-state index >= 15 is 0 Å². The molecule has 1 saturated heterocycles. The molecule has 1 aromatic rings. The Kier molecular flexibility index (Phi) is 1.78. The molecule has 0 radical (unpaired) electrons. The van der Waals surface area contributed by atoms with Gasteiger partial charge in [0.15, 0.2) is 0 Å². The summed E-state index contributed by atoms with van der Waals surface area (Å²) in [4.78, 5) is 0. The van der Waals surface area contributed by atoms with E-state index in [-0.39, 0.29) is 11.7 Å². The molecule has 0 aliphatic carbocycles. The zero-order valence-electron chi connectivity index (χ0n) is 7.17. The second-order valence-corrected chi connectivity index (χ2v) is 3.07. The van der Waals surface area contributed by atoms with Gasteiger partial charge in [-0.3, -0.25) is 0 Å². The molecule has 0 bridgehead atoms. The lowest BCUT2D eigenvalue weighted by Crippen LogP contribution is -1.94. The van der Waals surface area contributed by atoms with E-state index in [0.29, 0.717) is 12.2 Å². The SMILES string of the molecule is Cc1c([C@H]2CO2)ccc(F)c1C#N. The molecule has 0 spiro atoms. The van der Waals surface area contributed by atoms with Crippen LogP contribution in [-0.4, -0.2) is 6.61 Å².